The lowest BCUT2D eigenvalue weighted by atomic mass is 10.1. The minimum atomic E-state index is -3.35. The molecule has 0 saturated carbocycles. The fraction of sp³-hybridized carbons (Fsp3) is 0.364. The van der Waals surface area contributed by atoms with Crippen molar-refractivity contribution in [3.63, 3.8) is 0 Å². The van der Waals surface area contributed by atoms with Crippen molar-refractivity contribution < 1.29 is 13.2 Å². The van der Waals surface area contributed by atoms with Crippen LogP contribution in [0.5, 0.6) is 0 Å². The Morgan fingerprint density at radius 2 is 2.05 bits per heavy atom. The van der Waals surface area contributed by atoms with Gasteiger partial charge in [0.1, 0.15) is 0 Å². The SMILES string of the molecule is CCNS(=O)(=O)CCNc1c(Cl)cc(N)cc1C(N)=O. The van der Waals surface area contributed by atoms with Gasteiger partial charge in [0.25, 0.3) is 5.91 Å². The van der Waals surface area contributed by atoms with Crippen molar-refractivity contribution in [2.45, 2.75) is 6.92 Å². The molecule has 0 aliphatic rings. The van der Waals surface area contributed by atoms with Gasteiger partial charge in [0.2, 0.25) is 10.0 Å². The molecule has 0 aliphatic carbocycles. The number of nitrogen functional groups attached to an aromatic ring is 1. The summed E-state index contributed by atoms with van der Waals surface area (Å²) in [5, 5.41) is 3.01. The molecular weight excluding hydrogens is 304 g/mol. The van der Waals surface area contributed by atoms with Gasteiger partial charge in [0.05, 0.1) is 22.0 Å². The third kappa shape index (κ3) is 4.55. The lowest BCUT2D eigenvalue weighted by Gasteiger charge is -2.13. The van der Waals surface area contributed by atoms with Gasteiger partial charge in [-0.05, 0) is 12.1 Å². The van der Waals surface area contributed by atoms with E-state index in [1.54, 1.807) is 6.92 Å². The van der Waals surface area contributed by atoms with Crippen LogP contribution < -0.4 is 21.5 Å². The molecule has 6 N–H and O–H groups in total. The van der Waals surface area contributed by atoms with Gasteiger partial charge in [-0.3, -0.25) is 4.79 Å². The predicted octanol–water partition coefficient (Wildman–Crippen LogP) is 0.372. The molecule has 0 atom stereocenters. The molecular formula is C11H17ClN4O3S. The largest absolute Gasteiger partial charge is 0.399 e. The number of benzene rings is 1. The highest BCUT2D eigenvalue weighted by atomic mass is 35.5. The molecule has 0 aliphatic heterocycles. The lowest BCUT2D eigenvalue weighted by molar-refractivity contribution is 0.100. The predicted molar refractivity (Wildman–Crippen MR) is 80.3 cm³/mol. The Hall–Kier alpha value is -1.51. The number of carbonyl (C=O) groups is 1. The van der Waals surface area contributed by atoms with Crippen LogP contribution in [0.25, 0.3) is 0 Å². The summed E-state index contributed by atoms with van der Waals surface area (Å²) >= 11 is 5.97. The van der Waals surface area contributed by atoms with Crippen LogP contribution in [0.3, 0.4) is 0 Å². The van der Waals surface area contributed by atoms with Crippen LogP contribution in [0, 0.1) is 0 Å². The number of sulfonamides is 1. The Labute approximate surface area is 122 Å². The van der Waals surface area contributed by atoms with Gasteiger partial charge in [0.15, 0.2) is 0 Å². The molecule has 1 aromatic carbocycles. The van der Waals surface area contributed by atoms with Crippen LogP contribution >= 0.6 is 11.6 Å². The highest BCUT2D eigenvalue weighted by molar-refractivity contribution is 7.89. The quantitative estimate of drug-likeness (QED) is 0.540. The fourth-order valence-corrected chi connectivity index (χ4v) is 2.85. The van der Waals surface area contributed by atoms with Crippen molar-refractivity contribution >= 4 is 38.9 Å². The molecule has 0 fully saturated rings. The number of rotatable bonds is 7. The van der Waals surface area contributed by atoms with Crippen LogP contribution in [0.4, 0.5) is 11.4 Å². The number of anilines is 2. The molecule has 112 valence electrons. The number of nitrogens with one attached hydrogen (secondary N) is 2. The summed E-state index contributed by atoms with van der Waals surface area (Å²) in [5.74, 6) is -0.851. The van der Waals surface area contributed by atoms with E-state index in [2.05, 4.69) is 10.0 Å². The van der Waals surface area contributed by atoms with E-state index in [1.807, 2.05) is 0 Å². The van der Waals surface area contributed by atoms with E-state index >= 15 is 0 Å². The number of nitrogens with two attached hydrogens (primary N) is 2. The number of amides is 1. The maximum Gasteiger partial charge on any atom is 0.250 e. The molecule has 0 bridgehead atoms. The van der Waals surface area contributed by atoms with E-state index in [-0.39, 0.29) is 28.6 Å². The van der Waals surface area contributed by atoms with Gasteiger partial charge < -0.3 is 16.8 Å². The highest BCUT2D eigenvalue weighted by Crippen LogP contribution is 2.28. The standard InChI is InChI=1S/C11H17ClN4O3S/c1-2-16-20(18,19)4-3-15-10-8(11(14)17)5-7(13)6-9(10)12/h5-6,15-16H,2-4,13H2,1H3,(H2,14,17). The van der Waals surface area contributed by atoms with Crippen LogP contribution in [-0.2, 0) is 10.0 Å². The summed E-state index contributed by atoms with van der Waals surface area (Å²) in [7, 11) is -3.35. The molecule has 0 saturated heterocycles. The summed E-state index contributed by atoms with van der Waals surface area (Å²) in [6.07, 6.45) is 0. The summed E-state index contributed by atoms with van der Waals surface area (Å²) in [6.45, 7) is 2.09. The first-order valence-electron chi connectivity index (χ1n) is 5.87. The van der Waals surface area contributed by atoms with E-state index in [4.69, 9.17) is 23.1 Å². The Morgan fingerprint density at radius 3 is 2.60 bits per heavy atom. The molecule has 1 aromatic rings. The molecule has 7 nitrogen and oxygen atoms in total. The first-order valence-corrected chi connectivity index (χ1v) is 7.90. The van der Waals surface area contributed by atoms with E-state index in [9.17, 15) is 13.2 Å². The number of hydrogen-bond donors (Lipinski definition) is 4. The average molecular weight is 321 g/mol. The van der Waals surface area contributed by atoms with Crippen LogP contribution in [0.1, 0.15) is 17.3 Å². The van der Waals surface area contributed by atoms with Gasteiger partial charge in [-0.25, -0.2) is 13.1 Å². The number of halogens is 1. The van der Waals surface area contributed by atoms with E-state index in [1.165, 1.54) is 12.1 Å². The van der Waals surface area contributed by atoms with Gasteiger partial charge >= 0.3 is 0 Å². The van der Waals surface area contributed by atoms with Gasteiger partial charge in [-0.1, -0.05) is 18.5 Å². The summed E-state index contributed by atoms with van der Waals surface area (Å²) < 4.78 is 25.3. The lowest BCUT2D eigenvalue weighted by Crippen LogP contribution is -2.29. The molecule has 0 aromatic heterocycles. The zero-order valence-corrected chi connectivity index (χ0v) is 12.5. The summed E-state index contributed by atoms with van der Waals surface area (Å²) in [5.41, 5.74) is 11.5. The van der Waals surface area contributed by atoms with E-state index in [0.717, 1.165) is 0 Å². The van der Waals surface area contributed by atoms with Crippen LogP contribution in [0.15, 0.2) is 12.1 Å². The first-order chi connectivity index (χ1) is 9.26. The third-order valence-electron chi connectivity index (χ3n) is 2.41. The number of hydrogen-bond acceptors (Lipinski definition) is 5. The Morgan fingerprint density at radius 1 is 1.40 bits per heavy atom. The van der Waals surface area contributed by atoms with Crippen molar-refractivity contribution in [2.24, 2.45) is 5.73 Å². The Bertz CT molecular complexity index is 604. The monoisotopic (exact) mass is 320 g/mol. The molecule has 1 amide bonds. The second kappa shape index (κ2) is 6.78. The molecule has 0 heterocycles. The summed E-state index contributed by atoms with van der Waals surface area (Å²) in [6, 6.07) is 2.84. The van der Waals surface area contributed by atoms with Crippen LogP contribution in [-0.4, -0.2) is 33.2 Å². The minimum Gasteiger partial charge on any atom is -0.399 e. The maximum atomic E-state index is 11.5. The molecule has 9 heteroatoms. The second-order valence-corrected chi connectivity index (χ2v) is 6.37. The van der Waals surface area contributed by atoms with Crippen molar-refractivity contribution in [3.8, 4) is 0 Å². The normalized spacial score (nSPS) is 11.3. The molecule has 1 rings (SSSR count). The van der Waals surface area contributed by atoms with Gasteiger partial charge in [-0.15, -0.1) is 0 Å². The second-order valence-electron chi connectivity index (χ2n) is 4.03. The summed E-state index contributed by atoms with van der Waals surface area (Å²) in [4.78, 5) is 11.3. The molecule has 0 unspecified atom stereocenters. The Kier molecular flexibility index (Phi) is 5.61. The topological polar surface area (TPSA) is 127 Å². The fourth-order valence-electron chi connectivity index (χ4n) is 1.60. The highest BCUT2D eigenvalue weighted by Gasteiger charge is 2.14. The van der Waals surface area contributed by atoms with Crippen molar-refractivity contribution in [3.05, 3.63) is 22.7 Å². The van der Waals surface area contributed by atoms with E-state index < -0.39 is 15.9 Å². The van der Waals surface area contributed by atoms with Crippen LogP contribution in [0.2, 0.25) is 5.02 Å². The zero-order valence-electron chi connectivity index (χ0n) is 10.9. The zero-order chi connectivity index (χ0) is 15.3. The molecule has 20 heavy (non-hydrogen) atoms. The van der Waals surface area contributed by atoms with E-state index in [0.29, 0.717) is 12.2 Å². The Balaban J connectivity index is 2.86. The number of primary amides is 1. The van der Waals surface area contributed by atoms with Crippen molar-refractivity contribution in [2.75, 3.05) is 29.9 Å². The number of carbonyl (C=O) groups excluding carboxylic acids is 1. The smallest absolute Gasteiger partial charge is 0.250 e. The first kappa shape index (κ1) is 16.5. The molecule has 0 spiro atoms. The van der Waals surface area contributed by atoms with Crippen molar-refractivity contribution in [1.29, 1.82) is 0 Å². The molecule has 0 radical (unpaired) electrons. The van der Waals surface area contributed by atoms with Gasteiger partial charge in [0, 0.05) is 18.8 Å². The van der Waals surface area contributed by atoms with Gasteiger partial charge in [-0.2, -0.15) is 0 Å². The third-order valence-corrected chi connectivity index (χ3v) is 4.18. The van der Waals surface area contributed by atoms with Crippen molar-refractivity contribution in [1.82, 2.24) is 4.72 Å². The maximum absolute atomic E-state index is 11.5. The average Bonchev–Trinajstić information content (AvgIpc) is 2.30. The minimum absolute atomic E-state index is 0.0826.